The zero-order valence-corrected chi connectivity index (χ0v) is 12.4. The van der Waals surface area contributed by atoms with Crippen LogP contribution in [-0.2, 0) is 16.1 Å². The van der Waals surface area contributed by atoms with Gasteiger partial charge < -0.3 is 19.5 Å². The first kappa shape index (κ1) is 15.3. The van der Waals surface area contributed by atoms with Gasteiger partial charge in [0.1, 0.15) is 5.75 Å². The molecule has 0 amide bonds. The SMILES string of the molecule is COc1cccc(COCCNC(C)C2CCCO2)c1. The van der Waals surface area contributed by atoms with Crippen LogP contribution in [-0.4, -0.2) is 39.0 Å². The molecule has 1 N–H and O–H groups in total. The molecule has 0 radical (unpaired) electrons. The van der Waals surface area contributed by atoms with Crippen LogP contribution >= 0.6 is 0 Å². The maximum absolute atomic E-state index is 5.67. The van der Waals surface area contributed by atoms with Crippen LogP contribution in [0.1, 0.15) is 25.3 Å². The first-order valence-corrected chi connectivity index (χ1v) is 7.35. The lowest BCUT2D eigenvalue weighted by atomic mass is 10.1. The molecule has 2 unspecified atom stereocenters. The van der Waals surface area contributed by atoms with Crippen LogP contribution < -0.4 is 10.1 Å². The maximum Gasteiger partial charge on any atom is 0.119 e. The second kappa shape index (κ2) is 8.25. The van der Waals surface area contributed by atoms with Crippen LogP contribution in [0.3, 0.4) is 0 Å². The third kappa shape index (κ3) is 4.78. The number of hydrogen-bond donors (Lipinski definition) is 1. The Balaban J connectivity index is 1.58. The lowest BCUT2D eigenvalue weighted by molar-refractivity contribution is 0.0751. The van der Waals surface area contributed by atoms with Crippen LogP contribution in [0.15, 0.2) is 24.3 Å². The molecule has 0 bridgehead atoms. The zero-order chi connectivity index (χ0) is 14.2. The second-order valence-corrected chi connectivity index (χ2v) is 5.20. The fourth-order valence-corrected chi connectivity index (χ4v) is 2.44. The summed E-state index contributed by atoms with van der Waals surface area (Å²) in [7, 11) is 1.68. The lowest BCUT2D eigenvalue weighted by Gasteiger charge is -2.19. The van der Waals surface area contributed by atoms with Crippen molar-refractivity contribution in [2.24, 2.45) is 0 Å². The minimum Gasteiger partial charge on any atom is -0.497 e. The Kier molecular flexibility index (Phi) is 6.30. The second-order valence-electron chi connectivity index (χ2n) is 5.20. The normalized spacial score (nSPS) is 20.0. The molecule has 4 heteroatoms. The van der Waals surface area contributed by atoms with E-state index in [2.05, 4.69) is 12.2 Å². The van der Waals surface area contributed by atoms with E-state index >= 15 is 0 Å². The van der Waals surface area contributed by atoms with E-state index in [1.54, 1.807) is 7.11 Å². The number of methoxy groups -OCH3 is 1. The third-order valence-corrected chi connectivity index (χ3v) is 3.64. The van der Waals surface area contributed by atoms with Crippen LogP contribution in [0.4, 0.5) is 0 Å². The van der Waals surface area contributed by atoms with Gasteiger partial charge in [-0.05, 0) is 37.5 Å². The molecule has 4 nitrogen and oxygen atoms in total. The summed E-state index contributed by atoms with van der Waals surface area (Å²) in [6.07, 6.45) is 2.72. The van der Waals surface area contributed by atoms with Gasteiger partial charge >= 0.3 is 0 Å². The number of nitrogens with one attached hydrogen (secondary N) is 1. The fraction of sp³-hybridized carbons (Fsp3) is 0.625. The van der Waals surface area contributed by atoms with Crippen LogP contribution in [0.2, 0.25) is 0 Å². The molecule has 0 saturated carbocycles. The van der Waals surface area contributed by atoms with E-state index in [0.717, 1.165) is 24.5 Å². The van der Waals surface area contributed by atoms with Gasteiger partial charge in [-0.1, -0.05) is 12.1 Å². The monoisotopic (exact) mass is 279 g/mol. The van der Waals surface area contributed by atoms with E-state index in [9.17, 15) is 0 Å². The van der Waals surface area contributed by atoms with E-state index in [0.29, 0.717) is 25.4 Å². The van der Waals surface area contributed by atoms with Gasteiger partial charge in [-0.2, -0.15) is 0 Å². The Morgan fingerprint density at radius 3 is 3.10 bits per heavy atom. The molecule has 2 atom stereocenters. The molecule has 1 fully saturated rings. The average Bonchev–Trinajstić information content (AvgIpc) is 3.01. The maximum atomic E-state index is 5.67. The predicted molar refractivity (Wildman–Crippen MR) is 79.1 cm³/mol. The molecule has 0 spiro atoms. The van der Waals surface area contributed by atoms with Crippen molar-refractivity contribution in [2.45, 2.75) is 38.5 Å². The highest BCUT2D eigenvalue weighted by atomic mass is 16.5. The summed E-state index contributed by atoms with van der Waals surface area (Å²) in [6, 6.07) is 8.37. The van der Waals surface area contributed by atoms with Crippen molar-refractivity contribution in [1.29, 1.82) is 0 Å². The summed E-state index contributed by atoms with van der Waals surface area (Å²) in [6.45, 7) is 5.26. The number of hydrogen-bond acceptors (Lipinski definition) is 4. The molecule has 2 rings (SSSR count). The zero-order valence-electron chi connectivity index (χ0n) is 12.4. The molecule has 0 aromatic heterocycles. The van der Waals surface area contributed by atoms with E-state index < -0.39 is 0 Å². The van der Waals surface area contributed by atoms with Crippen LogP contribution in [0.25, 0.3) is 0 Å². The molecule has 1 aliphatic rings. The number of benzene rings is 1. The van der Waals surface area contributed by atoms with Gasteiger partial charge in [-0.15, -0.1) is 0 Å². The quantitative estimate of drug-likeness (QED) is 0.742. The molecular weight excluding hydrogens is 254 g/mol. The number of ether oxygens (including phenoxy) is 3. The van der Waals surface area contributed by atoms with Crippen molar-refractivity contribution >= 4 is 0 Å². The molecule has 1 aromatic rings. The Morgan fingerprint density at radius 1 is 1.45 bits per heavy atom. The van der Waals surface area contributed by atoms with Crippen LogP contribution in [0.5, 0.6) is 5.75 Å². The van der Waals surface area contributed by atoms with Crippen LogP contribution in [0, 0.1) is 0 Å². The van der Waals surface area contributed by atoms with Crippen molar-refractivity contribution in [3.63, 3.8) is 0 Å². The van der Waals surface area contributed by atoms with E-state index in [1.165, 1.54) is 12.8 Å². The lowest BCUT2D eigenvalue weighted by Crippen LogP contribution is -2.38. The summed E-state index contributed by atoms with van der Waals surface area (Å²) in [4.78, 5) is 0. The Morgan fingerprint density at radius 2 is 2.35 bits per heavy atom. The predicted octanol–water partition coefficient (Wildman–Crippen LogP) is 2.37. The van der Waals surface area contributed by atoms with Gasteiger partial charge in [0.2, 0.25) is 0 Å². The van der Waals surface area contributed by atoms with Crippen molar-refractivity contribution in [3.05, 3.63) is 29.8 Å². The molecule has 0 aliphatic carbocycles. The Bertz CT molecular complexity index is 391. The van der Waals surface area contributed by atoms with Gasteiger partial charge in [0.05, 0.1) is 26.4 Å². The standard InChI is InChI=1S/C16H25NO3/c1-13(16-7-4-9-20-16)17-8-10-19-12-14-5-3-6-15(11-14)18-2/h3,5-6,11,13,16-17H,4,7-10,12H2,1-2H3. The van der Waals surface area contributed by atoms with Crippen molar-refractivity contribution < 1.29 is 14.2 Å². The molecular formula is C16H25NO3. The molecule has 112 valence electrons. The molecule has 1 aromatic carbocycles. The first-order chi connectivity index (χ1) is 9.79. The summed E-state index contributed by atoms with van der Waals surface area (Å²) in [5.41, 5.74) is 1.14. The van der Waals surface area contributed by atoms with E-state index in [-0.39, 0.29) is 0 Å². The summed E-state index contributed by atoms with van der Waals surface area (Å²) >= 11 is 0. The molecule has 20 heavy (non-hydrogen) atoms. The first-order valence-electron chi connectivity index (χ1n) is 7.35. The molecule has 1 saturated heterocycles. The molecule has 1 heterocycles. The third-order valence-electron chi connectivity index (χ3n) is 3.64. The Hall–Kier alpha value is -1.10. The fourth-order valence-electron chi connectivity index (χ4n) is 2.44. The van der Waals surface area contributed by atoms with Gasteiger partial charge in [0.25, 0.3) is 0 Å². The highest BCUT2D eigenvalue weighted by Crippen LogP contribution is 2.15. The van der Waals surface area contributed by atoms with Gasteiger partial charge in [0.15, 0.2) is 0 Å². The largest absolute Gasteiger partial charge is 0.497 e. The van der Waals surface area contributed by atoms with Crippen molar-refractivity contribution in [1.82, 2.24) is 5.32 Å². The number of rotatable bonds is 8. The summed E-state index contributed by atoms with van der Waals surface area (Å²) < 4.78 is 16.5. The summed E-state index contributed by atoms with van der Waals surface area (Å²) in [5.74, 6) is 0.872. The van der Waals surface area contributed by atoms with Crippen molar-refractivity contribution in [2.75, 3.05) is 26.9 Å². The van der Waals surface area contributed by atoms with E-state index in [1.807, 2.05) is 24.3 Å². The Labute approximate surface area is 121 Å². The van der Waals surface area contributed by atoms with Gasteiger partial charge in [-0.25, -0.2) is 0 Å². The highest BCUT2D eigenvalue weighted by Gasteiger charge is 2.21. The van der Waals surface area contributed by atoms with E-state index in [4.69, 9.17) is 14.2 Å². The topological polar surface area (TPSA) is 39.7 Å². The molecule has 1 aliphatic heterocycles. The minimum atomic E-state index is 0.369. The smallest absolute Gasteiger partial charge is 0.119 e. The van der Waals surface area contributed by atoms with Gasteiger partial charge in [-0.3, -0.25) is 0 Å². The minimum absolute atomic E-state index is 0.369. The summed E-state index contributed by atoms with van der Waals surface area (Å²) in [5, 5.41) is 3.46. The van der Waals surface area contributed by atoms with Gasteiger partial charge in [0, 0.05) is 19.2 Å². The van der Waals surface area contributed by atoms with Crippen molar-refractivity contribution in [3.8, 4) is 5.75 Å². The average molecular weight is 279 g/mol. The highest BCUT2D eigenvalue weighted by molar-refractivity contribution is 5.27.